The maximum atomic E-state index is 14.0. The van der Waals surface area contributed by atoms with Gasteiger partial charge in [0.1, 0.15) is 5.69 Å². The number of hydrogen-bond donors (Lipinski definition) is 2. The fourth-order valence-electron chi connectivity index (χ4n) is 5.54. The summed E-state index contributed by atoms with van der Waals surface area (Å²) in [5, 5.41) is 7.22. The lowest BCUT2D eigenvalue weighted by atomic mass is 9.99. The van der Waals surface area contributed by atoms with Crippen molar-refractivity contribution in [2.24, 2.45) is 0 Å². The van der Waals surface area contributed by atoms with Crippen molar-refractivity contribution in [3.63, 3.8) is 0 Å². The second kappa shape index (κ2) is 15.1. The highest BCUT2D eigenvalue weighted by atomic mass is 16.1. The van der Waals surface area contributed by atoms with Crippen molar-refractivity contribution in [1.82, 2.24) is 14.6 Å². The topological polar surface area (TPSA) is 65.4 Å². The molecule has 6 heteroatoms. The minimum Gasteiger partial charge on any atom is -0.372 e. The van der Waals surface area contributed by atoms with Crippen LogP contribution in [-0.2, 0) is 6.42 Å². The lowest BCUT2D eigenvalue weighted by molar-refractivity contribution is 0.623. The summed E-state index contributed by atoms with van der Waals surface area (Å²) in [5.41, 5.74) is 8.99. The molecule has 0 aliphatic rings. The number of rotatable bonds is 16. The number of H-pyrrole nitrogens is 1. The highest BCUT2D eigenvalue weighted by molar-refractivity contribution is 5.87. The largest absolute Gasteiger partial charge is 0.372 e. The van der Waals surface area contributed by atoms with Gasteiger partial charge in [-0.15, -0.1) is 0 Å². The monoisotopic (exact) mass is 547 g/mol. The number of hydrogen-bond acceptors (Lipinski definition) is 4. The van der Waals surface area contributed by atoms with Crippen molar-refractivity contribution in [3.05, 3.63) is 57.1 Å². The predicted octanol–water partition coefficient (Wildman–Crippen LogP) is 9.15. The number of anilines is 3. The number of unbranched alkanes of at least 4 members (excludes halogenated alkanes) is 5. The predicted molar refractivity (Wildman–Crippen MR) is 174 cm³/mol. The Morgan fingerprint density at radius 3 is 2.38 bits per heavy atom. The Kier molecular flexibility index (Phi) is 11.9. The van der Waals surface area contributed by atoms with Gasteiger partial charge in [-0.2, -0.15) is 4.52 Å². The van der Waals surface area contributed by atoms with Gasteiger partial charge in [0.2, 0.25) is 0 Å². The van der Waals surface area contributed by atoms with E-state index in [0.29, 0.717) is 5.65 Å². The Hall–Kier alpha value is -3.02. The van der Waals surface area contributed by atoms with E-state index in [-0.39, 0.29) is 11.5 Å². The van der Waals surface area contributed by atoms with Gasteiger partial charge in [-0.05, 0) is 81.7 Å². The van der Waals surface area contributed by atoms with Crippen LogP contribution in [0.5, 0.6) is 0 Å². The molecular formula is C34H53N5O. The van der Waals surface area contributed by atoms with Crippen LogP contribution in [0.4, 0.5) is 17.1 Å². The number of allylic oxidation sites excluding steroid dienone is 2. The molecule has 0 spiro atoms. The van der Waals surface area contributed by atoms with E-state index in [1.54, 1.807) is 4.52 Å². The van der Waals surface area contributed by atoms with Crippen LogP contribution in [0.15, 0.2) is 29.1 Å². The molecule has 6 nitrogen and oxygen atoms in total. The minimum atomic E-state index is 0.0399. The molecular weight excluding hydrogens is 494 g/mol. The molecule has 0 fully saturated rings. The van der Waals surface area contributed by atoms with Crippen molar-refractivity contribution < 1.29 is 0 Å². The summed E-state index contributed by atoms with van der Waals surface area (Å²) in [6.45, 7) is 19.4. The van der Waals surface area contributed by atoms with Gasteiger partial charge in [0.15, 0.2) is 5.65 Å². The van der Waals surface area contributed by atoms with Crippen LogP contribution in [0.25, 0.3) is 11.2 Å². The average Bonchev–Trinajstić information content (AvgIpc) is 3.30. The van der Waals surface area contributed by atoms with Gasteiger partial charge in [0.25, 0.3) is 5.56 Å². The van der Waals surface area contributed by atoms with Crippen LogP contribution < -0.4 is 15.8 Å². The number of aryl methyl sites for hydroxylation is 1. The van der Waals surface area contributed by atoms with Gasteiger partial charge < -0.3 is 10.2 Å². The number of aromatic nitrogens is 3. The van der Waals surface area contributed by atoms with Crippen molar-refractivity contribution in [2.45, 2.75) is 119 Å². The van der Waals surface area contributed by atoms with E-state index in [1.807, 2.05) is 0 Å². The fourth-order valence-corrected chi connectivity index (χ4v) is 5.54. The zero-order valence-corrected chi connectivity index (χ0v) is 26.4. The Morgan fingerprint density at radius 2 is 1.77 bits per heavy atom. The molecule has 0 aliphatic carbocycles. The normalized spacial score (nSPS) is 12.1. The molecule has 2 heterocycles. The van der Waals surface area contributed by atoms with Crippen molar-refractivity contribution in [2.75, 3.05) is 23.3 Å². The molecule has 2 N–H and O–H groups in total. The summed E-state index contributed by atoms with van der Waals surface area (Å²) in [5.74, 6) is 0.172. The van der Waals surface area contributed by atoms with E-state index in [2.05, 4.69) is 95.0 Å². The van der Waals surface area contributed by atoms with E-state index in [9.17, 15) is 4.79 Å². The third-order valence-corrected chi connectivity index (χ3v) is 7.96. The first-order valence-electron chi connectivity index (χ1n) is 15.8. The van der Waals surface area contributed by atoms with Crippen LogP contribution in [0.1, 0.15) is 128 Å². The van der Waals surface area contributed by atoms with Gasteiger partial charge >= 0.3 is 0 Å². The zero-order chi connectivity index (χ0) is 29.2. The average molecular weight is 548 g/mol. The standard InChI is InChI=1S/C34H53N5O/c1-9-14-16-17-18-20-28-30(24(6)7)36-33-32(31(37-39(33)34(28)40)26(11-3)19-15-10-2)35-29-22-21-27(23-25(29)8)38(12-4)13-5/h19,21-24,35,37H,9-18,20H2,1-8H3. The van der Waals surface area contributed by atoms with Gasteiger partial charge in [-0.25, -0.2) is 4.98 Å². The number of aromatic amines is 1. The lowest BCUT2D eigenvalue weighted by Gasteiger charge is -2.22. The Bertz CT molecular complexity index is 1330. The maximum Gasteiger partial charge on any atom is 0.276 e. The summed E-state index contributed by atoms with van der Waals surface area (Å²) in [4.78, 5) is 21.6. The molecule has 0 aliphatic heterocycles. The lowest BCUT2D eigenvalue weighted by Crippen LogP contribution is -2.23. The summed E-state index contributed by atoms with van der Waals surface area (Å²) < 4.78 is 1.69. The third kappa shape index (κ3) is 7.18. The van der Waals surface area contributed by atoms with Crippen molar-refractivity contribution in [1.29, 1.82) is 0 Å². The molecule has 3 rings (SSSR count). The van der Waals surface area contributed by atoms with E-state index in [4.69, 9.17) is 4.98 Å². The molecule has 0 saturated carbocycles. The molecule has 0 amide bonds. The first-order chi connectivity index (χ1) is 19.3. The Morgan fingerprint density at radius 1 is 1.05 bits per heavy atom. The van der Waals surface area contributed by atoms with Crippen LogP contribution in [0.2, 0.25) is 0 Å². The van der Waals surface area contributed by atoms with Gasteiger partial charge in [0, 0.05) is 30.0 Å². The second-order valence-corrected chi connectivity index (χ2v) is 11.3. The van der Waals surface area contributed by atoms with E-state index >= 15 is 0 Å². The van der Waals surface area contributed by atoms with Gasteiger partial charge in [-0.1, -0.05) is 72.8 Å². The SMILES string of the molecule is CCCC=C(CC)c1[nH]n2c(=O)c(CCCCCCC)c(C(C)C)nc2c1Nc1ccc(N(CC)CC)cc1C. The second-order valence-electron chi connectivity index (χ2n) is 11.3. The molecule has 1 aromatic carbocycles. The maximum absolute atomic E-state index is 14.0. The van der Waals surface area contributed by atoms with Crippen LogP contribution in [0.3, 0.4) is 0 Å². The fraction of sp³-hybridized carbons (Fsp3) is 0.588. The Labute approximate surface area is 242 Å². The summed E-state index contributed by atoms with van der Waals surface area (Å²) in [7, 11) is 0. The molecule has 0 unspecified atom stereocenters. The Balaban J connectivity index is 2.17. The molecule has 0 bridgehead atoms. The molecule has 40 heavy (non-hydrogen) atoms. The number of nitrogens with zero attached hydrogens (tertiary/aromatic N) is 3. The highest BCUT2D eigenvalue weighted by Gasteiger charge is 2.23. The van der Waals surface area contributed by atoms with Crippen molar-refractivity contribution >= 4 is 28.3 Å². The molecule has 0 saturated heterocycles. The van der Waals surface area contributed by atoms with Gasteiger partial charge in [-0.3, -0.25) is 9.89 Å². The summed E-state index contributed by atoms with van der Waals surface area (Å²) in [6, 6.07) is 6.58. The van der Waals surface area contributed by atoms with Gasteiger partial charge in [0.05, 0.1) is 11.4 Å². The smallest absolute Gasteiger partial charge is 0.276 e. The number of benzene rings is 1. The molecule has 220 valence electrons. The van der Waals surface area contributed by atoms with Crippen LogP contribution in [-0.4, -0.2) is 27.7 Å². The zero-order valence-electron chi connectivity index (χ0n) is 26.4. The minimum absolute atomic E-state index is 0.0399. The number of fused-ring (bicyclic) bond motifs is 1. The highest BCUT2D eigenvalue weighted by Crippen LogP contribution is 2.34. The first kappa shape index (κ1) is 31.5. The summed E-state index contributed by atoms with van der Waals surface area (Å²) in [6.07, 6.45) is 11.9. The molecule has 0 radical (unpaired) electrons. The van der Waals surface area contributed by atoms with E-state index in [1.165, 1.54) is 36.1 Å². The quantitative estimate of drug-likeness (QED) is 0.175. The molecule has 0 atom stereocenters. The molecule has 2 aromatic heterocycles. The van der Waals surface area contributed by atoms with Crippen molar-refractivity contribution in [3.8, 4) is 0 Å². The summed E-state index contributed by atoms with van der Waals surface area (Å²) >= 11 is 0. The van der Waals surface area contributed by atoms with E-state index < -0.39 is 0 Å². The van der Waals surface area contributed by atoms with Crippen LogP contribution >= 0.6 is 0 Å². The third-order valence-electron chi connectivity index (χ3n) is 7.96. The number of nitrogens with one attached hydrogen (secondary N) is 2. The van der Waals surface area contributed by atoms with E-state index in [0.717, 1.165) is 79.9 Å². The first-order valence-corrected chi connectivity index (χ1v) is 15.8. The molecule has 3 aromatic rings. The van der Waals surface area contributed by atoms with Crippen LogP contribution in [0, 0.1) is 6.92 Å².